The minimum Gasteiger partial charge on any atom is -0.361 e. The fourth-order valence-corrected chi connectivity index (χ4v) is 4.97. The number of amides is 1. The number of hydrogen-bond donors (Lipinski definition) is 0. The SMILES string of the molecule is CCc1noc(C)c1C(=O)N1CC[C@@]2(CCCN(CCc3ccccc3)C2)C1. The van der Waals surface area contributed by atoms with Crippen LogP contribution in [-0.2, 0) is 12.8 Å². The highest BCUT2D eigenvalue weighted by Crippen LogP contribution is 2.39. The van der Waals surface area contributed by atoms with Gasteiger partial charge >= 0.3 is 0 Å². The van der Waals surface area contributed by atoms with Crippen LogP contribution in [0.2, 0.25) is 0 Å². The zero-order chi connectivity index (χ0) is 19.6. The summed E-state index contributed by atoms with van der Waals surface area (Å²) in [6, 6.07) is 10.7. The number of likely N-dealkylation sites (tertiary alicyclic amines) is 2. The highest BCUT2D eigenvalue weighted by molar-refractivity contribution is 5.96. The molecule has 0 radical (unpaired) electrons. The maximum atomic E-state index is 13.1. The van der Waals surface area contributed by atoms with Crippen molar-refractivity contribution in [2.45, 2.75) is 46.0 Å². The number of aryl methyl sites for hydroxylation is 2. The lowest BCUT2D eigenvalue weighted by atomic mass is 9.79. The molecular weight excluding hydrogens is 350 g/mol. The van der Waals surface area contributed by atoms with Gasteiger partial charge in [0.15, 0.2) is 0 Å². The van der Waals surface area contributed by atoms with E-state index >= 15 is 0 Å². The summed E-state index contributed by atoms with van der Waals surface area (Å²) in [5.41, 5.74) is 3.13. The standard InChI is InChI=1S/C23H31N3O2/c1-3-20-21(18(2)28-24-20)22(27)26-15-12-23(17-26)11-7-13-25(16-23)14-10-19-8-5-4-6-9-19/h4-6,8-9H,3,7,10-17H2,1-2H3/t23-/m1/s1. The number of nitrogens with zero attached hydrogens (tertiary/aromatic N) is 3. The van der Waals surface area contributed by atoms with E-state index < -0.39 is 0 Å². The van der Waals surface area contributed by atoms with Crippen LogP contribution >= 0.6 is 0 Å². The van der Waals surface area contributed by atoms with E-state index in [2.05, 4.69) is 40.4 Å². The molecule has 5 heteroatoms. The minimum absolute atomic E-state index is 0.105. The van der Waals surface area contributed by atoms with Crippen LogP contribution in [0.1, 0.15) is 53.6 Å². The van der Waals surface area contributed by atoms with Crippen molar-refractivity contribution in [2.75, 3.05) is 32.7 Å². The van der Waals surface area contributed by atoms with E-state index in [-0.39, 0.29) is 11.3 Å². The molecule has 2 fully saturated rings. The van der Waals surface area contributed by atoms with Crippen LogP contribution in [0.5, 0.6) is 0 Å². The third-order valence-corrected chi connectivity index (χ3v) is 6.51. The van der Waals surface area contributed by atoms with Gasteiger partial charge in [0, 0.05) is 31.6 Å². The highest BCUT2D eigenvalue weighted by Gasteiger charge is 2.43. The zero-order valence-electron chi connectivity index (χ0n) is 17.1. The molecule has 4 rings (SSSR count). The third kappa shape index (κ3) is 3.86. The Morgan fingerprint density at radius 3 is 2.79 bits per heavy atom. The van der Waals surface area contributed by atoms with Gasteiger partial charge in [0.2, 0.25) is 0 Å². The Labute approximate surface area is 167 Å². The molecule has 0 aliphatic carbocycles. The molecule has 1 aromatic carbocycles. The summed E-state index contributed by atoms with van der Waals surface area (Å²) in [6.07, 6.45) is 5.38. The molecule has 2 aromatic rings. The fraction of sp³-hybridized carbons (Fsp3) is 0.565. The maximum Gasteiger partial charge on any atom is 0.259 e. The lowest BCUT2D eigenvalue weighted by Crippen LogP contribution is -2.46. The molecule has 1 atom stereocenters. The maximum absolute atomic E-state index is 13.1. The average Bonchev–Trinajstić information content (AvgIpc) is 3.30. The molecule has 2 saturated heterocycles. The first-order chi connectivity index (χ1) is 13.6. The second-order valence-corrected chi connectivity index (χ2v) is 8.51. The van der Waals surface area contributed by atoms with Crippen LogP contribution in [-0.4, -0.2) is 53.6 Å². The van der Waals surface area contributed by atoms with E-state index in [0.29, 0.717) is 11.3 Å². The van der Waals surface area contributed by atoms with Gasteiger partial charge in [-0.1, -0.05) is 42.4 Å². The highest BCUT2D eigenvalue weighted by atomic mass is 16.5. The van der Waals surface area contributed by atoms with Gasteiger partial charge in [-0.25, -0.2) is 0 Å². The second-order valence-electron chi connectivity index (χ2n) is 8.51. The van der Waals surface area contributed by atoms with Crippen LogP contribution in [0.15, 0.2) is 34.9 Å². The number of rotatable bonds is 5. The van der Waals surface area contributed by atoms with Crippen LogP contribution in [0, 0.1) is 12.3 Å². The number of aromatic nitrogens is 1. The number of carbonyl (C=O) groups is 1. The van der Waals surface area contributed by atoms with E-state index in [9.17, 15) is 4.79 Å². The summed E-state index contributed by atoms with van der Waals surface area (Å²) < 4.78 is 5.29. The van der Waals surface area contributed by atoms with E-state index in [4.69, 9.17) is 4.52 Å². The lowest BCUT2D eigenvalue weighted by molar-refractivity contribution is 0.0690. The van der Waals surface area contributed by atoms with E-state index in [0.717, 1.165) is 51.1 Å². The summed E-state index contributed by atoms with van der Waals surface area (Å²) in [5.74, 6) is 0.754. The smallest absolute Gasteiger partial charge is 0.259 e. The predicted molar refractivity (Wildman–Crippen MR) is 109 cm³/mol. The molecule has 28 heavy (non-hydrogen) atoms. The quantitative estimate of drug-likeness (QED) is 0.792. The second kappa shape index (κ2) is 8.08. The van der Waals surface area contributed by atoms with Gasteiger partial charge in [0.25, 0.3) is 5.91 Å². The Morgan fingerprint density at radius 1 is 1.18 bits per heavy atom. The Kier molecular flexibility index (Phi) is 5.54. The van der Waals surface area contributed by atoms with Gasteiger partial charge in [0.05, 0.1) is 5.69 Å². The molecule has 2 aliphatic rings. The molecule has 0 saturated carbocycles. The van der Waals surface area contributed by atoms with Gasteiger partial charge in [0.1, 0.15) is 11.3 Å². The van der Waals surface area contributed by atoms with Crippen molar-refractivity contribution in [3.63, 3.8) is 0 Å². The van der Waals surface area contributed by atoms with E-state index in [1.54, 1.807) is 0 Å². The van der Waals surface area contributed by atoms with Crippen molar-refractivity contribution in [3.05, 3.63) is 52.9 Å². The predicted octanol–water partition coefficient (Wildman–Crippen LogP) is 3.72. The molecule has 0 bridgehead atoms. The molecule has 1 spiro atoms. The summed E-state index contributed by atoms with van der Waals surface area (Å²) in [6.45, 7) is 8.95. The fourth-order valence-electron chi connectivity index (χ4n) is 4.97. The summed E-state index contributed by atoms with van der Waals surface area (Å²) >= 11 is 0. The van der Waals surface area contributed by atoms with Crippen LogP contribution in [0.25, 0.3) is 0 Å². The topological polar surface area (TPSA) is 49.6 Å². The Hall–Kier alpha value is -2.14. The lowest BCUT2D eigenvalue weighted by Gasteiger charge is -2.40. The molecule has 150 valence electrons. The first kappa shape index (κ1) is 19.2. The Balaban J connectivity index is 1.39. The summed E-state index contributed by atoms with van der Waals surface area (Å²) in [7, 11) is 0. The van der Waals surface area contributed by atoms with E-state index in [1.807, 2.05) is 18.7 Å². The minimum atomic E-state index is 0.105. The molecular formula is C23H31N3O2. The van der Waals surface area contributed by atoms with Gasteiger partial charge in [-0.3, -0.25) is 4.79 Å². The summed E-state index contributed by atoms with van der Waals surface area (Å²) in [4.78, 5) is 17.8. The molecule has 1 amide bonds. The van der Waals surface area contributed by atoms with Crippen molar-refractivity contribution in [1.82, 2.24) is 15.0 Å². The van der Waals surface area contributed by atoms with Gasteiger partial charge in [-0.15, -0.1) is 0 Å². The molecule has 1 aromatic heterocycles. The van der Waals surface area contributed by atoms with Crippen LogP contribution < -0.4 is 0 Å². The van der Waals surface area contributed by atoms with Gasteiger partial charge in [-0.2, -0.15) is 0 Å². The molecule has 0 N–H and O–H groups in total. The summed E-state index contributed by atoms with van der Waals surface area (Å²) in [5, 5.41) is 4.07. The number of piperidine rings is 1. The normalized spacial score (nSPS) is 22.9. The molecule has 5 nitrogen and oxygen atoms in total. The third-order valence-electron chi connectivity index (χ3n) is 6.51. The van der Waals surface area contributed by atoms with Crippen molar-refractivity contribution in [2.24, 2.45) is 5.41 Å². The van der Waals surface area contributed by atoms with Gasteiger partial charge < -0.3 is 14.3 Å². The Morgan fingerprint density at radius 2 is 2.00 bits per heavy atom. The average molecular weight is 382 g/mol. The number of hydrogen-bond acceptors (Lipinski definition) is 4. The van der Waals surface area contributed by atoms with Crippen LogP contribution in [0.4, 0.5) is 0 Å². The zero-order valence-corrected chi connectivity index (χ0v) is 17.1. The van der Waals surface area contributed by atoms with Crippen molar-refractivity contribution >= 4 is 5.91 Å². The molecule has 0 unspecified atom stereocenters. The first-order valence-electron chi connectivity index (χ1n) is 10.6. The number of benzene rings is 1. The first-order valence-corrected chi connectivity index (χ1v) is 10.6. The van der Waals surface area contributed by atoms with Crippen molar-refractivity contribution in [3.8, 4) is 0 Å². The molecule has 2 aliphatic heterocycles. The molecule has 3 heterocycles. The Bertz CT molecular complexity index is 817. The van der Waals surface area contributed by atoms with Crippen LogP contribution in [0.3, 0.4) is 0 Å². The van der Waals surface area contributed by atoms with Gasteiger partial charge in [-0.05, 0) is 51.1 Å². The largest absolute Gasteiger partial charge is 0.361 e. The number of carbonyl (C=O) groups excluding carboxylic acids is 1. The van der Waals surface area contributed by atoms with E-state index in [1.165, 1.54) is 24.9 Å². The monoisotopic (exact) mass is 381 g/mol. The van der Waals surface area contributed by atoms with Crippen molar-refractivity contribution < 1.29 is 9.32 Å². The van der Waals surface area contributed by atoms with Crippen molar-refractivity contribution in [1.29, 1.82) is 0 Å².